The molecule has 9 heteroatoms. The minimum Gasteiger partial charge on any atom is -0.441 e. The molecule has 3 rings (SSSR count). The topological polar surface area (TPSA) is 118 Å². The summed E-state index contributed by atoms with van der Waals surface area (Å²) in [6.45, 7) is 4.52. The molecule has 0 aromatic heterocycles. The van der Waals surface area contributed by atoms with E-state index in [9.17, 15) is 14.0 Å². The van der Waals surface area contributed by atoms with Crippen molar-refractivity contribution >= 4 is 38.1 Å². The number of halogens is 1. The van der Waals surface area contributed by atoms with Gasteiger partial charge in [0.15, 0.2) is 0 Å². The van der Waals surface area contributed by atoms with Crippen LogP contribution in [-0.4, -0.2) is 23.5 Å². The van der Waals surface area contributed by atoms with Crippen LogP contribution < -0.4 is 11.1 Å². The molecule has 202 valence electrons. The first-order chi connectivity index (χ1) is 18.5. The highest BCUT2D eigenvalue weighted by Crippen LogP contribution is 2.27. The molecule has 0 spiro atoms. The Morgan fingerprint density at radius 1 is 1.00 bits per heavy atom. The molecule has 4 N–H and O–H groups in total. The van der Waals surface area contributed by atoms with Gasteiger partial charge in [0.25, 0.3) is 0 Å². The van der Waals surface area contributed by atoms with E-state index in [0.29, 0.717) is 23.9 Å². The van der Waals surface area contributed by atoms with Crippen molar-refractivity contribution in [2.75, 3.05) is 0 Å². The zero-order chi connectivity index (χ0) is 28.5. The number of nitrogens with zero attached hydrogens (tertiary/aromatic N) is 1. The van der Waals surface area contributed by atoms with Crippen LogP contribution >= 0.6 is 9.24 Å². The summed E-state index contributed by atoms with van der Waals surface area (Å²) in [7, 11) is 2.57. The Kier molecular flexibility index (Phi) is 10.2. The van der Waals surface area contributed by atoms with Crippen LogP contribution in [-0.2, 0) is 22.4 Å². The summed E-state index contributed by atoms with van der Waals surface area (Å²) in [6, 6.07) is 21.9. The van der Waals surface area contributed by atoms with Gasteiger partial charge < -0.3 is 15.9 Å². The molecule has 2 unspecified atom stereocenters. The smallest absolute Gasteiger partial charge is 0.412 e. The standard InChI is InChI=1S/C30H32FN4O3P/c1-18(32)28(35-30(37)38-19(2)25-6-4-5-7-26(25)31)29(39)24-14-12-22(13-15-24)16-21-8-10-23(11-9-21)17-27(33)34-20(3)36/h4-15,19,32H,16-17,39H2,1-3H3,(H,35,37)(H2,33,34,36)/b29-28+,32-18?. The fraction of sp³-hybridized carbons (Fsp3) is 0.200. The van der Waals surface area contributed by atoms with E-state index in [1.165, 1.54) is 13.0 Å². The van der Waals surface area contributed by atoms with Crippen LogP contribution in [0.4, 0.5) is 9.18 Å². The fourth-order valence-electron chi connectivity index (χ4n) is 3.93. The van der Waals surface area contributed by atoms with Crippen molar-refractivity contribution in [3.05, 3.63) is 112 Å². The lowest BCUT2D eigenvalue weighted by molar-refractivity contribution is -0.115. The molecule has 2 atom stereocenters. The number of ether oxygens (including phenoxy) is 1. The predicted molar refractivity (Wildman–Crippen MR) is 156 cm³/mol. The highest BCUT2D eigenvalue weighted by molar-refractivity contribution is 7.31. The van der Waals surface area contributed by atoms with Gasteiger partial charge >= 0.3 is 6.09 Å². The van der Waals surface area contributed by atoms with Crippen molar-refractivity contribution in [2.24, 2.45) is 10.7 Å². The third kappa shape index (κ3) is 8.69. The Bertz CT molecular complexity index is 1420. The first kappa shape index (κ1) is 29.4. The van der Waals surface area contributed by atoms with Crippen LogP contribution in [0.3, 0.4) is 0 Å². The Balaban J connectivity index is 1.67. The molecule has 0 aliphatic carbocycles. The Hall–Kier alpha value is -4.16. The molecular weight excluding hydrogens is 514 g/mol. The fourth-order valence-corrected chi connectivity index (χ4v) is 4.41. The van der Waals surface area contributed by atoms with Gasteiger partial charge in [0, 0.05) is 24.2 Å². The number of rotatable bonds is 9. The lowest BCUT2D eigenvalue weighted by atomic mass is 10.0. The number of nitrogens with two attached hydrogens (primary N) is 1. The quantitative estimate of drug-likeness (QED) is 0.175. The summed E-state index contributed by atoms with van der Waals surface area (Å²) in [5, 5.41) is 11.4. The van der Waals surface area contributed by atoms with E-state index < -0.39 is 18.0 Å². The zero-order valence-electron chi connectivity index (χ0n) is 22.1. The maximum atomic E-state index is 14.0. The minimum absolute atomic E-state index is 0.147. The van der Waals surface area contributed by atoms with Gasteiger partial charge in [0.2, 0.25) is 5.91 Å². The van der Waals surface area contributed by atoms with Crippen molar-refractivity contribution in [3.8, 4) is 0 Å². The number of aliphatic imine (C=N–C) groups is 1. The van der Waals surface area contributed by atoms with E-state index in [2.05, 4.69) is 19.5 Å². The average molecular weight is 547 g/mol. The van der Waals surface area contributed by atoms with Gasteiger partial charge in [-0.2, -0.15) is 0 Å². The van der Waals surface area contributed by atoms with Crippen molar-refractivity contribution in [1.82, 2.24) is 5.32 Å². The van der Waals surface area contributed by atoms with Crippen LogP contribution in [0.5, 0.6) is 0 Å². The molecule has 2 amide bonds. The summed E-state index contributed by atoms with van der Waals surface area (Å²) in [5.74, 6) is -0.485. The highest BCUT2D eigenvalue weighted by atomic mass is 31.0. The minimum atomic E-state index is -0.800. The molecule has 3 aromatic carbocycles. The SMILES string of the molecule is CC(=N)/C(NC(=O)OC(C)c1ccccc1F)=C(\P)c1ccc(Cc2ccc(CC(N)=NC(C)=O)cc2)cc1. The number of carbonyl (C=O) groups excluding carboxylic acids is 2. The van der Waals surface area contributed by atoms with Crippen molar-refractivity contribution in [1.29, 1.82) is 5.41 Å². The van der Waals surface area contributed by atoms with Gasteiger partial charge in [0.05, 0.1) is 11.4 Å². The second kappa shape index (κ2) is 13.6. The number of alkyl carbamates (subject to hydrolysis) is 1. The van der Waals surface area contributed by atoms with Crippen molar-refractivity contribution < 1.29 is 18.7 Å². The molecule has 39 heavy (non-hydrogen) atoms. The molecule has 0 fully saturated rings. The predicted octanol–water partition coefficient (Wildman–Crippen LogP) is 5.93. The van der Waals surface area contributed by atoms with Gasteiger partial charge in [-0.3, -0.25) is 10.1 Å². The second-order valence-corrected chi connectivity index (χ2v) is 9.67. The average Bonchev–Trinajstić information content (AvgIpc) is 2.88. The number of amides is 2. The monoisotopic (exact) mass is 546 g/mol. The largest absolute Gasteiger partial charge is 0.441 e. The van der Waals surface area contributed by atoms with Gasteiger partial charge in [-0.25, -0.2) is 14.2 Å². The maximum Gasteiger partial charge on any atom is 0.412 e. The number of allylic oxidation sites excluding steroid dienone is 1. The number of benzene rings is 3. The summed E-state index contributed by atoms with van der Waals surface area (Å²) < 4.78 is 19.4. The third-order valence-electron chi connectivity index (χ3n) is 5.88. The Morgan fingerprint density at radius 2 is 1.56 bits per heavy atom. The van der Waals surface area contributed by atoms with E-state index in [1.807, 2.05) is 48.5 Å². The van der Waals surface area contributed by atoms with E-state index in [0.717, 1.165) is 22.3 Å². The first-order valence-electron chi connectivity index (χ1n) is 12.3. The van der Waals surface area contributed by atoms with E-state index in [-0.39, 0.29) is 23.0 Å². The molecule has 7 nitrogen and oxygen atoms in total. The number of amidine groups is 1. The van der Waals surface area contributed by atoms with Gasteiger partial charge in [-0.05, 0) is 48.6 Å². The van der Waals surface area contributed by atoms with Crippen LogP contribution in [0.1, 0.15) is 54.7 Å². The normalized spacial score (nSPS) is 12.8. The Morgan fingerprint density at radius 3 is 2.13 bits per heavy atom. The first-order valence-corrected chi connectivity index (χ1v) is 12.9. The van der Waals surface area contributed by atoms with Gasteiger partial charge in [-0.1, -0.05) is 66.7 Å². The lowest BCUT2D eigenvalue weighted by Gasteiger charge is -2.17. The van der Waals surface area contributed by atoms with Crippen molar-refractivity contribution in [2.45, 2.75) is 39.7 Å². The van der Waals surface area contributed by atoms with Crippen LogP contribution in [0.2, 0.25) is 0 Å². The highest BCUT2D eigenvalue weighted by Gasteiger charge is 2.18. The molecule has 0 aliphatic heterocycles. The molecular formula is C30H32FN4O3P. The number of hydrogen-bond donors (Lipinski definition) is 3. The molecule has 0 radical (unpaired) electrons. The van der Waals surface area contributed by atoms with Crippen LogP contribution in [0.25, 0.3) is 5.31 Å². The van der Waals surface area contributed by atoms with E-state index >= 15 is 0 Å². The van der Waals surface area contributed by atoms with Crippen molar-refractivity contribution in [3.63, 3.8) is 0 Å². The van der Waals surface area contributed by atoms with Gasteiger partial charge in [0.1, 0.15) is 17.8 Å². The number of nitrogens with one attached hydrogen (secondary N) is 2. The summed E-state index contributed by atoms with van der Waals surface area (Å²) in [4.78, 5) is 27.4. The van der Waals surface area contributed by atoms with E-state index in [1.54, 1.807) is 32.0 Å². The van der Waals surface area contributed by atoms with E-state index in [4.69, 9.17) is 15.9 Å². The Labute approximate surface area is 230 Å². The molecule has 0 aliphatic rings. The van der Waals surface area contributed by atoms with Gasteiger partial charge in [-0.15, -0.1) is 9.24 Å². The summed E-state index contributed by atoms with van der Waals surface area (Å²) in [6.07, 6.45) is -0.453. The summed E-state index contributed by atoms with van der Waals surface area (Å²) in [5.41, 5.74) is 10.5. The zero-order valence-corrected chi connectivity index (χ0v) is 23.3. The molecule has 0 bridgehead atoms. The van der Waals surface area contributed by atoms with Crippen LogP contribution in [0.15, 0.2) is 83.5 Å². The molecule has 0 saturated carbocycles. The lowest BCUT2D eigenvalue weighted by Crippen LogP contribution is -2.28. The van der Waals surface area contributed by atoms with Crippen LogP contribution in [0, 0.1) is 11.2 Å². The summed E-state index contributed by atoms with van der Waals surface area (Å²) >= 11 is 0. The number of hydrogen-bond acceptors (Lipinski definition) is 4. The number of carbonyl (C=O) groups is 2. The molecule has 3 aromatic rings. The molecule has 0 saturated heterocycles. The maximum absolute atomic E-state index is 14.0. The second-order valence-electron chi connectivity index (χ2n) is 9.10. The third-order valence-corrected chi connectivity index (χ3v) is 6.50. The molecule has 0 heterocycles.